The number of hydrogen-bond acceptors (Lipinski definition) is 2. The maximum atomic E-state index is 9.52. The Morgan fingerprint density at radius 2 is 1.30 bits per heavy atom. The summed E-state index contributed by atoms with van der Waals surface area (Å²) in [5.74, 6) is 0.211. The van der Waals surface area contributed by atoms with Gasteiger partial charge in [0.2, 0.25) is 0 Å². The average molecular weight is 267 g/mol. The summed E-state index contributed by atoms with van der Waals surface area (Å²) in [5, 5.41) is 18.8. The third-order valence-electron chi connectivity index (χ3n) is 3.30. The van der Waals surface area contributed by atoms with Crippen molar-refractivity contribution in [3.05, 3.63) is 65.2 Å². The number of rotatable bonds is 2. The van der Waals surface area contributed by atoms with Crippen LogP contribution in [0.15, 0.2) is 48.5 Å². The van der Waals surface area contributed by atoms with Crippen LogP contribution in [0.1, 0.15) is 37.5 Å². The summed E-state index contributed by atoms with van der Waals surface area (Å²) in [5.41, 5.74) is 2.32. The van der Waals surface area contributed by atoms with Gasteiger partial charge in [-0.2, -0.15) is 5.26 Å². The smallest absolute Gasteiger partial charge is 0.115 e. The number of aromatic hydroxyl groups is 1. The molecule has 0 fully saturated rings. The third-order valence-corrected chi connectivity index (χ3v) is 3.30. The molecular formula is C18H21NO. The molecule has 0 radical (unpaired) electrons. The fourth-order valence-corrected chi connectivity index (χ4v) is 1.98. The van der Waals surface area contributed by atoms with E-state index in [1.807, 2.05) is 52.0 Å². The van der Waals surface area contributed by atoms with Gasteiger partial charge in [-0.25, -0.2) is 0 Å². The molecule has 2 heteroatoms. The number of hydrogen-bond donors (Lipinski definition) is 1. The van der Waals surface area contributed by atoms with Gasteiger partial charge in [-0.15, -0.1) is 0 Å². The first-order valence-corrected chi connectivity index (χ1v) is 6.84. The zero-order valence-corrected chi connectivity index (χ0v) is 12.5. The fraction of sp³-hybridized carbons (Fsp3) is 0.278. The lowest BCUT2D eigenvalue weighted by molar-refractivity contribution is 0.475. The molecule has 0 aliphatic heterocycles. The molecule has 20 heavy (non-hydrogen) atoms. The molecule has 0 aliphatic carbocycles. The van der Waals surface area contributed by atoms with Crippen molar-refractivity contribution in [1.82, 2.24) is 0 Å². The molecule has 2 rings (SSSR count). The molecule has 1 unspecified atom stereocenters. The van der Waals surface area contributed by atoms with Crippen molar-refractivity contribution < 1.29 is 5.11 Å². The molecule has 0 saturated carbocycles. The van der Waals surface area contributed by atoms with Crippen LogP contribution in [0.2, 0.25) is 0 Å². The molecule has 104 valence electrons. The SMILES string of the molecule is CC.Cc1ccc(C(C)(C#N)c2ccc(O)cc2)cc1. The second-order valence-corrected chi connectivity index (χ2v) is 4.65. The molecule has 0 heterocycles. The molecular weight excluding hydrogens is 246 g/mol. The zero-order valence-electron chi connectivity index (χ0n) is 12.5. The molecule has 0 aromatic heterocycles. The highest BCUT2D eigenvalue weighted by Gasteiger charge is 2.28. The van der Waals surface area contributed by atoms with Crippen molar-refractivity contribution in [3.8, 4) is 11.8 Å². The lowest BCUT2D eigenvalue weighted by Crippen LogP contribution is -2.21. The summed E-state index contributed by atoms with van der Waals surface area (Å²) >= 11 is 0. The van der Waals surface area contributed by atoms with E-state index < -0.39 is 5.41 Å². The van der Waals surface area contributed by atoms with Gasteiger partial charge in [0.25, 0.3) is 0 Å². The van der Waals surface area contributed by atoms with E-state index in [-0.39, 0.29) is 5.75 Å². The predicted molar refractivity (Wildman–Crippen MR) is 82.7 cm³/mol. The maximum absolute atomic E-state index is 9.52. The Balaban J connectivity index is 0.000000956. The molecule has 1 atom stereocenters. The average Bonchev–Trinajstić information content (AvgIpc) is 2.50. The minimum atomic E-state index is -0.693. The van der Waals surface area contributed by atoms with Crippen LogP contribution in [0.3, 0.4) is 0 Å². The standard InChI is InChI=1S/C16H15NO.C2H6/c1-12-3-5-13(6-4-12)16(2,11-17)14-7-9-15(18)10-8-14;1-2/h3-10,18H,1-2H3;1-2H3. The van der Waals surface area contributed by atoms with Gasteiger partial charge in [0, 0.05) is 0 Å². The summed E-state index contributed by atoms with van der Waals surface area (Å²) < 4.78 is 0. The Morgan fingerprint density at radius 3 is 1.70 bits per heavy atom. The number of aryl methyl sites for hydroxylation is 1. The van der Waals surface area contributed by atoms with E-state index >= 15 is 0 Å². The van der Waals surface area contributed by atoms with Crippen LogP contribution in [0.4, 0.5) is 0 Å². The van der Waals surface area contributed by atoms with Crippen LogP contribution in [-0.2, 0) is 5.41 Å². The van der Waals surface area contributed by atoms with Crippen LogP contribution in [0.5, 0.6) is 5.75 Å². The highest BCUT2D eigenvalue weighted by atomic mass is 16.3. The first kappa shape index (κ1) is 15.8. The molecule has 0 spiro atoms. The fourth-order valence-electron chi connectivity index (χ4n) is 1.98. The van der Waals surface area contributed by atoms with Gasteiger partial charge in [-0.3, -0.25) is 0 Å². The summed E-state index contributed by atoms with van der Waals surface area (Å²) in [6.07, 6.45) is 0. The molecule has 0 aliphatic rings. The van der Waals surface area contributed by atoms with Crippen LogP contribution < -0.4 is 0 Å². The summed E-state index contributed by atoms with van der Waals surface area (Å²) in [6.45, 7) is 7.91. The van der Waals surface area contributed by atoms with E-state index in [0.29, 0.717) is 0 Å². The highest BCUT2D eigenvalue weighted by molar-refractivity contribution is 5.46. The Morgan fingerprint density at radius 1 is 0.900 bits per heavy atom. The molecule has 2 aromatic rings. The van der Waals surface area contributed by atoms with Crippen LogP contribution in [-0.4, -0.2) is 5.11 Å². The number of nitrogens with zero attached hydrogens (tertiary/aromatic N) is 1. The van der Waals surface area contributed by atoms with E-state index in [1.165, 1.54) is 5.56 Å². The molecule has 0 saturated heterocycles. The number of nitriles is 1. The van der Waals surface area contributed by atoms with Crippen molar-refractivity contribution in [2.75, 3.05) is 0 Å². The second-order valence-electron chi connectivity index (χ2n) is 4.65. The number of benzene rings is 2. The molecule has 1 N–H and O–H groups in total. The normalized spacial score (nSPS) is 12.6. The van der Waals surface area contributed by atoms with Gasteiger partial charge in [-0.05, 0) is 37.1 Å². The first-order chi connectivity index (χ1) is 9.56. The van der Waals surface area contributed by atoms with E-state index in [9.17, 15) is 10.4 Å². The van der Waals surface area contributed by atoms with Crippen molar-refractivity contribution in [2.24, 2.45) is 0 Å². The summed E-state index contributed by atoms with van der Waals surface area (Å²) in [7, 11) is 0. The van der Waals surface area contributed by atoms with Crippen molar-refractivity contribution in [3.63, 3.8) is 0 Å². The quantitative estimate of drug-likeness (QED) is 0.867. The van der Waals surface area contributed by atoms with E-state index in [2.05, 4.69) is 6.07 Å². The van der Waals surface area contributed by atoms with Gasteiger partial charge in [0.05, 0.1) is 6.07 Å². The zero-order chi connectivity index (χ0) is 15.2. The predicted octanol–water partition coefficient (Wildman–Crippen LogP) is 4.56. The first-order valence-electron chi connectivity index (χ1n) is 6.84. The lowest BCUT2D eigenvalue weighted by Gasteiger charge is -2.23. The van der Waals surface area contributed by atoms with Crippen LogP contribution >= 0.6 is 0 Å². The Kier molecular flexibility index (Phi) is 5.34. The van der Waals surface area contributed by atoms with E-state index in [4.69, 9.17) is 0 Å². The Labute approximate surface area is 121 Å². The molecule has 2 nitrogen and oxygen atoms in total. The minimum Gasteiger partial charge on any atom is -0.508 e. The van der Waals surface area contributed by atoms with Gasteiger partial charge in [-0.1, -0.05) is 55.8 Å². The van der Waals surface area contributed by atoms with E-state index in [0.717, 1.165) is 11.1 Å². The Hall–Kier alpha value is -2.27. The summed E-state index contributed by atoms with van der Waals surface area (Å²) in [6, 6.07) is 17.1. The molecule has 0 amide bonds. The topological polar surface area (TPSA) is 44.0 Å². The Bertz CT molecular complexity index is 531. The third kappa shape index (κ3) is 3.19. The van der Waals surface area contributed by atoms with Crippen molar-refractivity contribution in [2.45, 2.75) is 33.1 Å². The van der Waals surface area contributed by atoms with Crippen LogP contribution in [0, 0.1) is 18.3 Å². The lowest BCUT2D eigenvalue weighted by atomic mass is 9.77. The van der Waals surface area contributed by atoms with Crippen LogP contribution in [0.25, 0.3) is 0 Å². The van der Waals surface area contributed by atoms with E-state index in [1.54, 1.807) is 24.3 Å². The minimum absolute atomic E-state index is 0.211. The highest BCUT2D eigenvalue weighted by Crippen LogP contribution is 2.32. The number of phenolic OH excluding ortho intramolecular Hbond substituents is 1. The van der Waals surface area contributed by atoms with Gasteiger partial charge >= 0.3 is 0 Å². The molecule has 0 bridgehead atoms. The van der Waals surface area contributed by atoms with Crippen molar-refractivity contribution >= 4 is 0 Å². The van der Waals surface area contributed by atoms with Gasteiger partial charge in [0.15, 0.2) is 0 Å². The van der Waals surface area contributed by atoms with Gasteiger partial charge < -0.3 is 5.11 Å². The monoisotopic (exact) mass is 267 g/mol. The second kappa shape index (κ2) is 6.77. The summed E-state index contributed by atoms with van der Waals surface area (Å²) in [4.78, 5) is 0. The van der Waals surface area contributed by atoms with Crippen molar-refractivity contribution in [1.29, 1.82) is 5.26 Å². The number of phenols is 1. The largest absolute Gasteiger partial charge is 0.508 e. The molecule has 2 aromatic carbocycles. The maximum Gasteiger partial charge on any atom is 0.115 e. The van der Waals surface area contributed by atoms with Gasteiger partial charge in [0.1, 0.15) is 11.2 Å².